The van der Waals surface area contributed by atoms with E-state index in [9.17, 15) is 9.59 Å². The van der Waals surface area contributed by atoms with E-state index in [4.69, 9.17) is 0 Å². The van der Waals surface area contributed by atoms with E-state index in [0.717, 1.165) is 17.7 Å². The number of aromatic nitrogens is 1. The number of hydrogen-bond acceptors (Lipinski definition) is 2. The van der Waals surface area contributed by atoms with Gasteiger partial charge in [0.25, 0.3) is 0 Å². The van der Waals surface area contributed by atoms with Crippen LogP contribution in [0.1, 0.15) is 77.0 Å². The molecule has 0 saturated heterocycles. The third kappa shape index (κ3) is 4.31. The maximum absolute atomic E-state index is 12.7. The summed E-state index contributed by atoms with van der Waals surface area (Å²) in [7, 11) is 0. The number of carbonyl (C=O) groups is 2. The second-order valence-electron chi connectivity index (χ2n) is 7.41. The van der Waals surface area contributed by atoms with Gasteiger partial charge in [-0.1, -0.05) is 45.0 Å². The SMILES string of the molecule is CCc1ccc([C@@H]([NH2+]CC(=O)c2[nH]c(C)c(C(C)=O)c2C)C(C)C)cc1. The molecule has 1 heterocycles. The number of benzene rings is 1. The van der Waals surface area contributed by atoms with Crippen molar-refractivity contribution in [3.63, 3.8) is 0 Å². The summed E-state index contributed by atoms with van der Waals surface area (Å²) in [6, 6.07) is 8.90. The van der Waals surface area contributed by atoms with Gasteiger partial charge in [0.2, 0.25) is 5.78 Å². The Morgan fingerprint density at radius 2 is 1.73 bits per heavy atom. The van der Waals surface area contributed by atoms with E-state index in [1.165, 1.54) is 18.1 Å². The minimum Gasteiger partial charge on any atom is -0.355 e. The number of aryl methyl sites for hydroxylation is 2. The molecule has 2 rings (SSSR count). The Morgan fingerprint density at radius 1 is 1.12 bits per heavy atom. The van der Waals surface area contributed by atoms with Crippen molar-refractivity contribution in [2.45, 2.75) is 54.0 Å². The molecule has 4 nitrogen and oxygen atoms in total. The first-order valence-electron chi connectivity index (χ1n) is 9.41. The van der Waals surface area contributed by atoms with Gasteiger partial charge in [0.15, 0.2) is 5.78 Å². The van der Waals surface area contributed by atoms with Gasteiger partial charge in [-0.15, -0.1) is 0 Å². The van der Waals surface area contributed by atoms with Gasteiger partial charge >= 0.3 is 0 Å². The predicted octanol–water partition coefficient (Wildman–Crippen LogP) is 3.54. The van der Waals surface area contributed by atoms with Crippen molar-refractivity contribution in [1.29, 1.82) is 0 Å². The third-order valence-corrected chi connectivity index (χ3v) is 5.12. The lowest BCUT2D eigenvalue weighted by Crippen LogP contribution is -2.87. The van der Waals surface area contributed by atoms with Crippen LogP contribution >= 0.6 is 0 Å². The van der Waals surface area contributed by atoms with Crippen LogP contribution in [0.15, 0.2) is 24.3 Å². The van der Waals surface area contributed by atoms with Crippen molar-refractivity contribution in [1.82, 2.24) is 4.98 Å². The molecule has 0 aliphatic rings. The summed E-state index contributed by atoms with van der Waals surface area (Å²) >= 11 is 0. The number of nitrogens with one attached hydrogen (secondary N) is 1. The van der Waals surface area contributed by atoms with E-state index in [1.54, 1.807) is 0 Å². The molecule has 1 aromatic heterocycles. The van der Waals surface area contributed by atoms with Crippen molar-refractivity contribution >= 4 is 11.6 Å². The number of aromatic amines is 1. The number of ketones is 2. The maximum atomic E-state index is 12.7. The molecule has 26 heavy (non-hydrogen) atoms. The van der Waals surface area contributed by atoms with Gasteiger partial charge in [-0.25, -0.2) is 0 Å². The van der Waals surface area contributed by atoms with Crippen LogP contribution in [-0.4, -0.2) is 23.1 Å². The Morgan fingerprint density at radius 3 is 2.19 bits per heavy atom. The summed E-state index contributed by atoms with van der Waals surface area (Å²) in [4.78, 5) is 27.6. The highest BCUT2D eigenvalue weighted by atomic mass is 16.1. The van der Waals surface area contributed by atoms with Crippen LogP contribution in [-0.2, 0) is 6.42 Å². The molecule has 4 heteroatoms. The Kier molecular flexibility index (Phi) is 6.54. The monoisotopic (exact) mass is 355 g/mol. The first-order valence-corrected chi connectivity index (χ1v) is 9.41. The number of rotatable bonds is 8. The van der Waals surface area contributed by atoms with E-state index in [0.29, 0.717) is 23.7 Å². The Balaban J connectivity index is 2.15. The van der Waals surface area contributed by atoms with Crippen LogP contribution in [0, 0.1) is 19.8 Å². The fourth-order valence-corrected chi connectivity index (χ4v) is 3.66. The van der Waals surface area contributed by atoms with Crippen molar-refractivity contribution in [3.8, 4) is 0 Å². The van der Waals surface area contributed by atoms with Crippen LogP contribution in [0.2, 0.25) is 0 Å². The highest BCUT2D eigenvalue weighted by Crippen LogP contribution is 2.20. The fourth-order valence-electron chi connectivity index (χ4n) is 3.66. The molecule has 0 spiro atoms. The molecule has 0 fully saturated rings. The van der Waals surface area contributed by atoms with E-state index in [2.05, 4.69) is 55.3 Å². The van der Waals surface area contributed by atoms with Crippen molar-refractivity contribution in [2.24, 2.45) is 5.92 Å². The molecule has 0 aliphatic carbocycles. The second kappa shape index (κ2) is 8.45. The molecule has 0 bridgehead atoms. The molecule has 1 atom stereocenters. The Hall–Kier alpha value is -2.20. The number of H-pyrrole nitrogens is 1. The Labute approximate surface area is 156 Å². The van der Waals surface area contributed by atoms with Crippen LogP contribution < -0.4 is 5.32 Å². The summed E-state index contributed by atoms with van der Waals surface area (Å²) < 4.78 is 0. The fraction of sp³-hybridized carbons (Fsp3) is 0.455. The smallest absolute Gasteiger partial charge is 0.233 e. The summed E-state index contributed by atoms with van der Waals surface area (Å²) in [6.45, 7) is 12.1. The van der Waals surface area contributed by atoms with Gasteiger partial charge in [0, 0.05) is 22.7 Å². The Bertz CT molecular complexity index is 785. The molecule has 0 radical (unpaired) electrons. The lowest BCUT2D eigenvalue weighted by atomic mass is 9.94. The second-order valence-corrected chi connectivity index (χ2v) is 7.41. The summed E-state index contributed by atoms with van der Waals surface area (Å²) in [5.74, 6) is 0.443. The topological polar surface area (TPSA) is 66.5 Å². The zero-order chi connectivity index (χ0) is 19.4. The van der Waals surface area contributed by atoms with Crippen LogP contribution in [0.5, 0.6) is 0 Å². The van der Waals surface area contributed by atoms with E-state index >= 15 is 0 Å². The van der Waals surface area contributed by atoms with Gasteiger partial charge in [-0.3, -0.25) is 9.59 Å². The predicted molar refractivity (Wildman–Crippen MR) is 105 cm³/mol. The number of quaternary nitrogens is 1. The standard InChI is InChI=1S/C22H30N2O2/c1-7-17-8-10-18(11-9-17)21(13(2)3)23-12-19(26)22-14(4)20(16(6)25)15(5)24-22/h8-11,13,21,23-24H,7,12H2,1-6H3/p+1/t21-/m0/s1. The average molecular weight is 356 g/mol. The molecule has 140 valence electrons. The molecular formula is C22H31N2O2+. The number of Topliss-reactive ketones (excluding diaryl/α,β-unsaturated/α-hetero) is 2. The average Bonchev–Trinajstić information content (AvgIpc) is 2.89. The molecule has 1 aromatic carbocycles. The first kappa shape index (κ1) is 20.1. The van der Waals surface area contributed by atoms with Crippen LogP contribution in [0.3, 0.4) is 0 Å². The van der Waals surface area contributed by atoms with Crippen LogP contribution in [0.4, 0.5) is 0 Å². The molecule has 3 N–H and O–H groups in total. The van der Waals surface area contributed by atoms with E-state index in [-0.39, 0.29) is 17.6 Å². The molecule has 2 aromatic rings. The van der Waals surface area contributed by atoms with Gasteiger partial charge in [-0.05, 0) is 38.3 Å². The van der Waals surface area contributed by atoms with Gasteiger partial charge in [0.1, 0.15) is 12.6 Å². The third-order valence-electron chi connectivity index (χ3n) is 5.12. The summed E-state index contributed by atoms with van der Waals surface area (Å²) in [6.07, 6.45) is 1.03. The minimum absolute atomic E-state index is 0.00431. The molecule has 0 aliphatic heterocycles. The lowest BCUT2D eigenvalue weighted by Gasteiger charge is -2.19. The zero-order valence-corrected chi connectivity index (χ0v) is 16.8. The number of hydrogen-bond donors (Lipinski definition) is 2. The first-order chi connectivity index (χ1) is 12.3. The summed E-state index contributed by atoms with van der Waals surface area (Å²) in [5, 5.41) is 2.11. The van der Waals surface area contributed by atoms with Gasteiger partial charge in [0.05, 0.1) is 5.69 Å². The largest absolute Gasteiger partial charge is 0.355 e. The van der Waals surface area contributed by atoms with E-state index < -0.39 is 0 Å². The lowest BCUT2D eigenvalue weighted by molar-refractivity contribution is -0.691. The quantitative estimate of drug-likeness (QED) is 0.711. The van der Waals surface area contributed by atoms with Crippen LogP contribution in [0.25, 0.3) is 0 Å². The van der Waals surface area contributed by atoms with Gasteiger partial charge in [-0.2, -0.15) is 0 Å². The van der Waals surface area contributed by atoms with Crippen molar-refractivity contribution in [2.75, 3.05) is 6.54 Å². The highest BCUT2D eigenvalue weighted by molar-refractivity contribution is 6.03. The molecular weight excluding hydrogens is 324 g/mol. The molecule has 0 amide bonds. The molecule has 0 unspecified atom stereocenters. The minimum atomic E-state index is -0.00431. The normalized spacial score (nSPS) is 12.4. The van der Waals surface area contributed by atoms with E-state index in [1.807, 2.05) is 13.8 Å². The van der Waals surface area contributed by atoms with Gasteiger partial charge < -0.3 is 10.3 Å². The number of carbonyl (C=O) groups excluding carboxylic acids is 2. The number of nitrogens with two attached hydrogens (primary N) is 1. The zero-order valence-electron chi connectivity index (χ0n) is 16.8. The maximum Gasteiger partial charge on any atom is 0.233 e. The highest BCUT2D eigenvalue weighted by Gasteiger charge is 2.24. The van der Waals surface area contributed by atoms with Crippen molar-refractivity contribution < 1.29 is 14.9 Å². The summed E-state index contributed by atoms with van der Waals surface area (Å²) in [5.41, 5.74) is 5.31. The van der Waals surface area contributed by atoms with Crippen molar-refractivity contribution in [3.05, 3.63) is 57.9 Å². The molecule has 0 saturated carbocycles.